The summed E-state index contributed by atoms with van der Waals surface area (Å²) in [5.41, 5.74) is 4.52. The van der Waals surface area contributed by atoms with E-state index in [0.717, 1.165) is 26.6 Å². The molecular formula is C37H42ClN3O4S. The average molecular weight is 660 g/mol. The van der Waals surface area contributed by atoms with Gasteiger partial charge in [0.25, 0.3) is 10.0 Å². The molecule has 0 aromatic heterocycles. The second-order valence-electron chi connectivity index (χ2n) is 11.7. The van der Waals surface area contributed by atoms with E-state index < -0.39 is 28.5 Å². The molecule has 4 aromatic rings. The molecule has 1 N–H and O–H groups in total. The molecule has 2 amide bonds. The largest absolute Gasteiger partial charge is 0.352 e. The normalized spacial score (nSPS) is 12.7. The molecule has 242 valence electrons. The quantitative estimate of drug-likeness (QED) is 0.167. The van der Waals surface area contributed by atoms with Crippen LogP contribution in [0.2, 0.25) is 5.02 Å². The summed E-state index contributed by atoms with van der Waals surface area (Å²) in [5.74, 6) is -0.814. The van der Waals surface area contributed by atoms with Crippen LogP contribution < -0.4 is 9.62 Å². The van der Waals surface area contributed by atoms with Crippen LogP contribution in [0.4, 0.5) is 5.69 Å². The summed E-state index contributed by atoms with van der Waals surface area (Å²) in [7, 11) is -4.22. The van der Waals surface area contributed by atoms with E-state index in [4.69, 9.17) is 11.6 Å². The van der Waals surface area contributed by atoms with Crippen LogP contribution in [0.3, 0.4) is 0 Å². The molecule has 0 saturated heterocycles. The highest BCUT2D eigenvalue weighted by Crippen LogP contribution is 2.30. The minimum Gasteiger partial charge on any atom is -0.352 e. The van der Waals surface area contributed by atoms with E-state index in [2.05, 4.69) is 5.32 Å². The second-order valence-corrected chi connectivity index (χ2v) is 14.0. The lowest BCUT2D eigenvalue weighted by molar-refractivity contribution is -0.140. The van der Waals surface area contributed by atoms with E-state index in [1.54, 1.807) is 37.3 Å². The number of hydrogen-bond donors (Lipinski definition) is 1. The Balaban J connectivity index is 1.85. The van der Waals surface area contributed by atoms with Crippen LogP contribution in [0, 0.1) is 20.8 Å². The zero-order chi connectivity index (χ0) is 33.4. The fourth-order valence-electron chi connectivity index (χ4n) is 5.17. The fourth-order valence-corrected chi connectivity index (χ4v) is 6.80. The number of sulfonamides is 1. The first kappa shape index (κ1) is 34.7. The number of nitrogens with zero attached hydrogens (tertiary/aromatic N) is 2. The van der Waals surface area contributed by atoms with Gasteiger partial charge in [-0.3, -0.25) is 13.9 Å². The molecule has 0 fully saturated rings. The first-order valence-corrected chi connectivity index (χ1v) is 17.3. The first-order valence-electron chi connectivity index (χ1n) is 15.4. The Labute approximate surface area is 278 Å². The molecule has 4 aromatic carbocycles. The van der Waals surface area contributed by atoms with Crippen LogP contribution >= 0.6 is 11.6 Å². The van der Waals surface area contributed by atoms with Gasteiger partial charge in [-0.1, -0.05) is 96.9 Å². The topological polar surface area (TPSA) is 86.8 Å². The van der Waals surface area contributed by atoms with E-state index >= 15 is 0 Å². The molecule has 0 saturated carbocycles. The van der Waals surface area contributed by atoms with Gasteiger partial charge in [0, 0.05) is 24.0 Å². The number of hydrogen-bond acceptors (Lipinski definition) is 4. The number of rotatable bonds is 13. The Bertz CT molecular complexity index is 1760. The van der Waals surface area contributed by atoms with Crippen molar-refractivity contribution in [2.24, 2.45) is 0 Å². The molecule has 7 nitrogen and oxygen atoms in total. The van der Waals surface area contributed by atoms with Gasteiger partial charge in [-0.05, 0) is 80.6 Å². The van der Waals surface area contributed by atoms with E-state index in [9.17, 15) is 18.0 Å². The Morgan fingerprint density at radius 3 is 2.15 bits per heavy atom. The van der Waals surface area contributed by atoms with Gasteiger partial charge in [0.15, 0.2) is 0 Å². The minimum absolute atomic E-state index is 0.0473. The van der Waals surface area contributed by atoms with E-state index in [0.29, 0.717) is 22.7 Å². The van der Waals surface area contributed by atoms with Gasteiger partial charge in [0.1, 0.15) is 12.6 Å². The maximum atomic E-state index is 14.7. The molecule has 0 aliphatic rings. The molecule has 0 spiro atoms. The molecule has 0 bridgehead atoms. The summed E-state index contributed by atoms with van der Waals surface area (Å²) >= 11 is 6.38. The molecule has 2 atom stereocenters. The van der Waals surface area contributed by atoms with Crippen molar-refractivity contribution in [1.29, 1.82) is 0 Å². The van der Waals surface area contributed by atoms with Crippen LogP contribution in [-0.2, 0) is 32.6 Å². The summed E-state index contributed by atoms with van der Waals surface area (Å²) in [4.78, 5) is 30.2. The third-order valence-electron chi connectivity index (χ3n) is 8.20. The van der Waals surface area contributed by atoms with Crippen molar-refractivity contribution in [2.45, 2.75) is 71.0 Å². The van der Waals surface area contributed by atoms with Crippen LogP contribution in [0.15, 0.2) is 102 Å². The van der Waals surface area contributed by atoms with Crippen molar-refractivity contribution < 1.29 is 18.0 Å². The standard InChI is InChI=1S/C37H42ClN3O4S/c1-6-29(5)39-37(43)35(22-30-13-8-7-9-14-30)40(24-31-15-11-10-12-27(31)3)36(42)25-41(34-23-32(38)19-18-28(34)4)46(44,45)33-20-16-26(2)17-21-33/h7-21,23,29,35H,6,22,24-25H2,1-5H3,(H,39,43)/t29-,35-/m0/s1. The summed E-state index contributed by atoms with van der Waals surface area (Å²) < 4.78 is 29.7. The highest BCUT2D eigenvalue weighted by molar-refractivity contribution is 7.92. The van der Waals surface area contributed by atoms with Gasteiger partial charge in [-0.25, -0.2) is 8.42 Å². The molecule has 0 aliphatic heterocycles. The summed E-state index contributed by atoms with van der Waals surface area (Å²) in [6.07, 6.45) is 0.966. The van der Waals surface area contributed by atoms with Crippen molar-refractivity contribution in [1.82, 2.24) is 10.2 Å². The maximum Gasteiger partial charge on any atom is 0.264 e. The Hall–Kier alpha value is -4.14. The van der Waals surface area contributed by atoms with Gasteiger partial charge in [-0.2, -0.15) is 0 Å². The van der Waals surface area contributed by atoms with Gasteiger partial charge in [0.05, 0.1) is 10.6 Å². The number of amides is 2. The lowest BCUT2D eigenvalue weighted by atomic mass is 10.0. The number of benzene rings is 4. The summed E-state index contributed by atoms with van der Waals surface area (Å²) in [5, 5.41) is 3.40. The molecular weight excluding hydrogens is 618 g/mol. The van der Waals surface area contributed by atoms with Gasteiger partial charge in [0.2, 0.25) is 11.8 Å². The third kappa shape index (κ3) is 8.56. The number of carbonyl (C=O) groups excluding carboxylic acids is 2. The van der Waals surface area contributed by atoms with Crippen LogP contribution in [0.1, 0.15) is 48.1 Å². The van der Waals surface area contributed by atoms with E-state index in [-0.39, 0.29) is 29.8 Å². The van der Waals surface area contributed by atoms with Crippen molar-refractivity contribution >= 4 is 39.1 Å². The lowest BCUT2D eigenvalue weighted by Crippen LogP contribution is -2.54. The summed E-state index contributed by atoms with van der Waals surface area (Å²) in [6.45, 7) is 9.08. The number of anilines is 1. The Morgan fingerprint density at radius 1 is 0.848 bits per heavy atom. The van der Waals surface area contributed by atoms with Crippen molar-refractivity contribution in [2.75, 3.05) is 10.8 Å². The number of aryl methyl sites for hydroxylation is 3. The molecule has 0 radical (unpaired) electrons. The Morgan fingerprint density at radius 2 is 1.50 bits per heavy atom. The highest BCUT2D eigenvalue weighted by atomic mass is 35.5. The molecule has 0 unspecified atom stereocenters. The van der Waals surface area contributed by atoms with E-state index in [1.165, 1.54) is 17.0 Å². The van der Waals surface area contributed by atoms with Crippen LogP contribution in [0.25, 0.3) is 0 Å². The average Bonchev–Trinajstić information content (AvgIpc) is 3.04. The van der Waals surface area contributed by atoms with Crippen LogP contribution in [0.5, 0.6) is 0 Å². The van der Waals surface area contributed by atoms with Gasteiger partial charge >= 0.3 is 0 Å². The lowest BCUT2D eigenvalue weighted by Gasteiger charge is -2.35. The molecule has 0 aliphatic carbocycles. The Kier molecular flexibility index (Phi) is 11.7. The minimum atomic E-state index is -4.22. The fraction of sp³-hybridized carbons (Fsp3) is 0.297. The number of carbonyl (C=O) groups is 2. The number of halogens is 1. The van der Waals surface area contributed by atoms with Crippen molar-refractivity contribution in [3.63, 3.8) is 0 Å². The smallest absolute Gasteiger partial charge is 0.264 e. The monoisotopic (exact) mass is 659 g/mol. The molecule has 0 heterocycles. The van der Waals surface area contributed by atoms with Crippen molar-refractivity contribution in [3.8, 4) is 0 Å². The summed E-state index contributed by atoms with van der Waals surface area (Å²) in [6, 6.07) is 27.6. The van der Waals surface area contributed by atoms with Crippen LogP contribution in [-0.4, -0.2) is 43.8 Å². The van der Waals surface area contributed by atoms with Crippen molar-refractivity contribution in [3.05, 3.63) is 130 Å². The maximum absolute atomic E-state index is 14.7. The molecule has 46 heavy (non-hydrogen) atoms. The van der Waals surface area contributed by atoms with E-state index in [1.807, 2.05) is 82.3 Å². The zero-order valence-electron chi connectivity index (χ0n) is 27.0. The number of nitrogens with one attached hydrogen (secondary N) is 1. The molecule has 4 rings (SSSR count). The predicted octanol–water partition coefficient (Wildman–Crippen LogP) is 7.02. The first-order chi connectivity index (χ1) is 21.9. The predicted molar refractivity (Wildman–Crippen MR) is 185 cm³/mol. The van der Waals surface area contributed by atoms with Gasteiger partial charge in [-0.15, -0.1) is 0 Å². The molecule has 9 heteroatoms. The SMILES string of the molecule is CC[C@H](C)NC(=O)[C@H](Cc1ccccc1)N(Cc1ccccc1C)C(=O)CN(c1cc(Cl)ccc1C)S(=O)(=O)c1ccc(C)cc1. The van der Waals surface area contributed by atoms with Gasteiger partial charge < -0.3 is 10.2 Å². The highest BCUT2D eigenvalue weighted by Gasteiger charge is 2.35. The third-order valence-corrected chi connectivity index (χ3v) is 10.2. The zero-order valence-corrected chi connectivity index (χ0v) is 28.6. The second kappa shape index (κ2) is 15.4.